The van der Waals surface area contributed by atoms with Gasteiger partial charge in [-0.25, -0.2) is 4.98 Å². The lowest BCUT2D eigenvalue weighted by atomic mass is 10.1. The van der Waals surface area contributed by atoms with E-state index in [4.69, 9.17) is 9.47 Å². The van der Waals surface area contributed by atoms with Gasteiger partial charge in [0.15, 0.2) is 16.6 Å². The fourth-order valence-electron chi connectivity index (χ4n) is 2.50. The van der Waals surface area contributed by atoms with E-state index in [1.807, 2.05) is 23.6 Å². The van der Waals surface area contributed by atoms with Gasteiger partial charge in [-0.05, 0) is 30.3 Å². The molecule has 0 atom stereocenters. The van der Waals surface area contributed by atoms with Gasteiger partial charge < -0.3 is 14.6 Å². The third-order valence-electron chi connectivity index (χ3n) is 3.71. The maximum absolute atomic E-state index is 12.2. The fraction of sp³-hybridized carbons (Fsp3) is 0.111. The number of carbonyl (C=O) groups is 1. The average molecular weight is 354 g/mol. The van der Waals surface area contributed by atoms with E-state index in [1.165, 1.54) is 17.4 Å². The van der Waals surface area contributed by atoms with Crippen molar-refractivity contribution < 1.29 is 19.4 Å². The predicted octanol–water partition coefficient (Wildman–Crippen LogP) is 3.54. The standard InChI is InChI=1S/C18H14N2O4S/c21-14-4-2-1-3-12(14)17(22)20-18-19-13(10-25-18)11-5-6-15-16(9-11)24-8-7-23-15/h1-6,9-10,21H,7-8H2,(H,19,20,22). The third-order valence-corrected chi connectivity index (χ3v) is 4.47. The molecule has 1 aromatic heterocycles. The molecule has 0 saturated carbocycles. The van der Waals surface area contributed by atoms with Crippen LogP contribution in [0.25, 0.3) is 11.3 Å². The number of hydrogen-bond donors (Lipinski definition) is 2. The number of anilines is 1. The number of phenolic OH excluding ortho intramolecular Hbond substituents is 1. The van der Waals surface area contributed by atoms with Crippen LogP contribution in [0.2, 0.25) is 0 Å². The van der Waals surface area contributed by atoms with Crippen molar-refractivity contribution in [3.8, 4) is 28.5 Å². The van der Waals surface area contributed by atoms with Gasteiger partial charge in [0.05, 0.1) is 11.3 Å². The molecule has 2 aromatic carbocycles. The molecule has 4 rings (SSSR count). The monoisotopic (exact) mass is 354 g/mol. The zero-order valence-corrected chi connectivity index (χ0v) is 13.9. The molecule has 2 heterocycles. The number of ether oxygens (including phenoxy) is 2. The number of aromatic nitrogens is 1. The maximum atomic E-state index is 12.2. The molecule has 3 aromatic rings. The Morgan fingerprint density at radius 3 is 2.76 bits per heavy atom. The Balaban J connectivity index is 1.54. The Bertz CT molecular complexity index is 938. The molecule has 1 amide bonds. The summed E-state index contributed by atoms with van der Waals surface area (Å²) >= 11 is 1.31. The lowest BCUT2D eigenvalue weighted by Crippen LogP contribution is -2.15. The topological polar surface area (TPSA) is 80.7 Å². The van der Waals surface area contributed by atoms with Gasteiger partial charge in [0.25, 0.3) is 5.91 Å². The maximum Gasteiger partial charge on any atom is 0.261 e. The molecule has 6 nitrogen and oxygen atoms in total. The molecule has 25 heavy (non-hydrogen) atoms. The smallest absolute Gasteiger partial charge is 0.261 e. The van der Waals surface area contributed by atoms with Gasteiger partial charge in [-0.1, -0.05) is 12.1 Å². The molecule has 1 aliphatic heterocycles. The van der Waals surface area contributed by atoms with E-state index < -0.39 is 5.91 Å². The van der Waals surface area contributed by atoms with Crippen LogP contribution in [0, 0.1) is 0 Å². The minimum absolute atomic E-state index is 0.0661. The number of fused-ring (bicyclic) bond motifs is 1. The summed E-state index contributed by atoms with van der Waals surface area (Å²) in [6, 6.07) is 12.0. The van der Waals surface area contributed by atoms with E-state index >= 15 is 0 Å². The van der Waals surface area contributed by atoms with Crippen molar-refractivity contribution in [1.82, 2.24) is 4.98 Å². The SMILES string of the molecule is O=C(Nc1nc(-c2ccc3c(c2)OCCO3)cs1)c1ccccc1O. The van der Waals surface area contributed by atoms with Crippen LogP contribution in [0.1, 0.15) is 10.4 Å². The number of para-hydroxylation sites is 1. The number of nitrogens with one attached hydrogen (secondary N) is 1. The summed E-state index contributed by atoms with van der Waals surface area (Å²) in [6.07, 6.45) is 0. The highest BCUT2D eigenvalue weighted by atomic mass is 32.1. The van der Waals surface area contributed by atoms with Gasteiger partial charge in [-0.15, -0.1) is 11.3 Å². The highest BCUT2D eigenvalue weighted by molar-refractivity contribution is 7.14. The zero-order valence-electron chi connectivity index (χ0n) is 13.1. The first-order valence-electron chi connectivity index (χ1n) is 7.65. The van der Waals surface area contributed by atoms with Crippen molar-refractivity contribution >= 4 is 22.4 Å². The second-order valence-corrected chi connectivity index (χ2v) is 6.23. The van der Waals surface area contributed by atoms with Gasteiger partial charge in [-0.3, -0.25) is 10.1 Å². The molecule has 2 N–H and O–H groups in total. The van der Waals surface area contributed by atoms with Crippen LogP contribution < -0.4 is 14.8 Å². The summed E-state index contributed by atoms with van der Waals surface area (Å²) < 4.78 is 11.1. The molecule has 0 bridgehead atoms. The predicted molar refractivity (Wildman–Crippen MR) is 94.6 cm³/mol. The van der Waals surface area contributed by atoms with Crippen LogP contribution in [-0.2, 0) is 0 Å². The van der Waals surface area contributed by atoms with Gasteiger partial charge >= 0.3 is 0 Å². The molecule has 0 spiro atoms. The Morgan fingerprint density at radius 1 is 1.12 bits per heavy atom. The molecule has 0 saturated heterocycles. The van der Waals surface area contributed by atoms with Crippen molar-refractivity contribution in [3.63, 3.8) is 0 Å². The van der Waals surface area contributed by atoms with E-state index in [0.717, 1.165) is 17.0 Å². The van der Waals surface area contributed by atoms with E-state index in [1.54, 1.807) is 18.2 Å². The van der Waals surface area contributed by atoms with Crippen LogP contribution in [0.5, 0.6) is 17.2 Å². The molecule has 0 unspecified atom stereocenters. The molecular formula is C18H14N2O4S. The first-order valence-corrected chi connectivity index (χ1v) is 8.53. The summed E-state index contributed by atoms with van der Waals surface area (Å²) in [5.74, 6) is 0.944. The summed E-state index contributed by atoms with van der Waals surface area (Å²) in [5.41, 5.74) is 1.82. The van der Waals surface area contributed by atoms with Crippen LogP contribution in [0.15, 0.2) is 47.8 Å². The number of phenols is 1. The molecule has 1 aliphatic rings. The molecule has 0 radical (unpaired) electrons. The first kappa shape index (κ1) is 15.5. The first-order chi connectivity index (χ1) is 12.2. The second kappa shape index (κ2) is 6.45. The van der Waals surface area contributed by atoms with Crippen molar-refractivity contribution in [3.05, 3.63) is 53.4 Å². The molecule has 126 valence electrons. The van der Waals surface area contributed by atoms with Gasteiger partial charge in [0, 0.05) is 10.9 Å². The minimum atomic E-state index is -0.402. The number of rotatable bonds is 3. The summed E-state index contributed by atoms with van der Waals surface area (Å²) in [4.78, 5) is 16.7. The normalized spacial score (nSPS) is 12.6. The van der Waals surface area contributed by atoms with Crippen LogP contribution in [0.4, 0.5) is 5.13 Å². The largest absolute Gasteiger partial charge is 0.507 e. The van der Waals surface area contributed by atoms with Crippen molar-refractivity contribution in [2.75, 3.05) is 18.5 Å². The highest BCUT2D eigenvalue weighted by Gasteiger charge is 2.15. The molecule has 0 aliphatic carbocycles. The van der Waals surface area contributed by atoms with E-state index in [-0.39, 0.29) is 11.3 Å². The highest BCUT2D eigenvalue weighted by Crippen LogP contribution is 2.35. The van der Waals surface area contributed by atoms with Gasteiger partial charge in [0.1, 0.15) is 19.0 Å². The van der Waals surface area contributed by atoms with Gasteiger partial charge in [-0.2, -0.15) is 0 Å². The summed E-state index contributed by atoms with van der Waals surface area (Å²) in [5, 5.41) is 14.8. The van der Waals surface area contributed by atoms with Crippen molar-refractivity contribution in [2.45, 2.75) is 0 Å². The Labute approximate surface area is 147 Å². The average Bonchev–Trinajstić information content (AvgIpc) is 3.10. The number of thiazole rings is 1. The number of nitrogens with zero attached hydrogens (tertiary/aromatic N) is 1. The molecule has 0 fully saturated rings. The lowest BCUT2D eigenvalue weighted by Gasteiger charge is -2.18. The third kappa shape index (κ3) is 3.14. The van der Waals surface area contributed by atoms with Crippen molar-refractivity contribution in [1.29, 1.82) is 0 Å². The van der Waals surface area contributed by atoms with Crippen LogP contribution >= 0.6 is 11.3 Å². The van der Waals surface area contributed by atoms with Crippen LogP contribution in [0.3, 0.4) is 0 Å². The summed E-state index contributed by atoms with van der Waals surface area (Å²) in [7, 11) is 0. The molecule has 7 heteroatoms. The Morgan fingerprint density at radius 2 is 1.92 bits per heavy atom. The van der Waals surface area contributed by atoms with E-state index in [9.17, 15) is 9.90 Å². The minimum Gasteiger partial charge on any atom is -0.507 e. The lowest BCUT2D eigenvalue weighted by molar-refractivity contribution is 0.102. The van der Waals surface area contributed by atoms with Gasteiger partial charge in [0.2, 0.25) is 0 Å². The molecular weight excluding hydrogens is 340 g/mol. The quantitative estimate of drug-likeness (QED) is 0.752. The summed E-state index contributed by atoms with van der Waals surface area (Å²) in [6.45, 7) is 1.07. The Hall–Kier alpha value is -3.06. The fourth-order valence-corrected chi connectivity index (χ4v) is 3.21. The number of benzene rings is 2. The number of amides is 1. The zero-order chi connectivity index (χ0) is 17.2. The van der Waals surface area contributed by atoms with Crippen molar-refractivity contribution in [2.24, 2.45) is 0 Å². The second-order valence-electron chi connectivity index (χ2n) is 5.37. The number of carbonyl (C=O) groups excluding carboxylic acids is 1. The Kier molecular flexibility index (Phi) is 3.99. The number of hydrogen-bond acceptors (Lipinski definition) is 6. The van der Waals surface area contributed by atoms with E-state index in [0.29, 0.717) is 24.1 Å². The number of aromatic hydroxyl groups is 1. The van der Waals surface area contributed by atoms with E-state index in [2.05, 4.69) is 10.3 Å². The van der Waals surface area contributed by atoms with Crippen LogP contribution in [-0.4, -0.2) is 29.2 Å².